The van der Waals surface area contributed by atoms with Gasteiger partial charge in [0.25, 0.3) is 5.69 Å². The number of hydrazone groups is 1. The first kappa shape index (κ1) is 14.5. The molecule has 6 heteroatoms. The van der Waals surface area contributed by atoms with Crippen LogP contribution in [0.25, 0.3) is 0 Å². The van der Waals surface area contributed by atoms with E-state index in [1.54, 1.807) is 36.4 Å². The fourth-order valence-corrected chi connectivity index (χ4v) is 1.79. The van der Waals surface area contributed by atoms with Gasteiger partial charge in [-0.15, -0.1) is 0 Å². The monoisotopic (exact) mass is 285 g/mol. The molecular weight excluding hydrogens is 270 g/mol. The number of phenolic OH excluding ortho intramolecular Hbond substituents is 1. The Bertz CT molecular complexity index is 649. The number of nitrogens with one attached hydrogen (secondary N) is 1. The first-order valence-corrected chi connectivity index (χ1v) is 6.46. The number of hydrogen-bond donors (Lipinski definition) is 2. The molecule has 0 saturated heterocycles. The fraction of sp³-hybridized carbons (Fsp3) is 0.133. The van der Waals surface area contributed by atoms with Crippen LogP contribution in [0.3, 0.4) is 0 Å². The Morgan fingerprint density at radius 2 is 1.81 bits per heavy atom. The van der Waals surface area contributed by atoms with Gasteiger partial charge in [0.15, 0.2) is 0 Å². The number of aromatic hydroxyl groups is 1. The summed E-state index contributed by atoms with van der Waals surface area (Å²) in [5, 5.41) is 24.2. The molecule has 0 fully saturated rings. The van der Waals surface area contributed by atoms with Gasteiger partial charge in [0.1, 0.15) is 5.75 Å². The van der Waals surface area contributed by atoms with E-state index in [2.05, 4.69) is 10.5 Å². The zero-order chi connectivity index (χ0) is 15.2. The molecule has 2 aromatic rings. The number of phenols is 1. The van der Waals surface area contributed by atoms with E-state index in [9.17, 15) is 15.2 Å². The van der Waals surface area contributed by atoms with E-state index in [-0.39, 0.29) is 11.4 Å². The molecule has 0 aliphatic rings. The first-order valence-electron chi connectivity index (χ1n) is 6.46. The van der Waals surface area contributed by atoms with E-state index in [0.29, 0.717) is 12.1 Å². The fourth-order valence-electron chi connectivity index (χ4n) is 1.79. The zero-order valence-corrected chi connectivity index (χ0v) is 11.5. The third kappa shape index (κ3) is 3.79. The van der Waals surface area contributed by atoms with E-state index in [4.69, 9.17) is 0 Å². The summed E-state index contributed by atoms with van der Waals surface area (Å²) in [6.45, 7) is 1.98. The van der Waals surface area contributed by atoms with Gasteiger partial charge in [0.2, 0.25) is 0 Å². The summed E-state index contributed by atoms with van der Waals surface area (Å²) in [5.74, 6) is 0.206. The number of anilines is 1. The van der Waals surface area contributed by atoms with Gasteiger partial charge in [0, 0.05) is 12.1 Å². The van der Waals surface area contributed by atoms with Crippen molar-refractivity contribution in [3.05, 3.63) is 64.2 Å². The largest absolute Gasteiger partial charge is 0.508 e. The highest BCUT2D eigenvalue weighted by molar-refractivity contribution is 6.00. The molecular formula is C15H15N3O3. The first-order chi connectivity index (χ1) is 10.1. The Balaban J connectivity index is 2.13. The SMILES string of the molecule is CCC(=NNc1ccc([N+](=O)[O-])cc1)c1ccc(O)cc1. The highest BCUT2D eigenvalue weighted by atomic mass is 16.6. The van der Waals surface area contributed by atoms with Crippen molar-refractivity contribution in [3.63, 3.8) is 0 Å². The van der Waals surface area contributed by atoms with E-state index in [1.165, 1.54) is 12.1 Å². The number of nitro groups is 1. The van der Waals surface area contributed by atoms with Crippen LogP contribution in [0.1, 0.15) is 18.9 Å². The van der Waals surface area contributed by atoms with Gasteiger partial charge in [-0.2, -0.15) is 5.10 Å². The molecule has 0 saturated carbocycles. The second-order valence-corrected chi connectivity index (χ2v) is 4.37. The van der Waals surface area contributed by atoms with Crippen molar-refractivity contribution < 1.29 is 10.0 Å². The number of hydrogen-bond acceptors (Lipinski definition) is 5. The molecule has 0 bridgehead atoms. The van der Waals surface area contributed by atoms with Crippen LogP contribution in [0.4, 0.5) is 11.4 Å². The van der Waals surface area contributed by atoms with E-state index in [1.807, 2.05) is 6.92 Å². The second kappa shape index (κ2) is 6.51. The lowest BCUT2D eigenvalue weighted by Gasteiger charge is -2.06. The topological polar surface area (TPSA) is 87.8 Å². The maximum absolute atomic E-state index is 10.6. The molecule has 2 N–H and O–H groups in total. The van der Waals surface area contributed by atoms with Gasteiger partial charge in [0.05, 0.1) is 16.3 Å². The Morgan fingerprint density at radius 3 is 2.33 bits per heavy atom. The lowest BCUT2D eigenvalue weighted by molar-refractivity contribution is -0.384. The van der Waals surface area contributed by atoms with E-state index in [0.717, 1.165) is 11.3 Å². The van der Waals surface area contributed by atoms with Crippen LogP contribution in [0.2, 0.25) is 0 Å². The number of non-ortho nitro benzene ring substituents is 1. The average molecular weight is 285 g/mol. The highest BCUT2D eigenvalue weighted by Gasteiger charge is 2.04. The number of rotatable bonds is 5. The predicted molar refractivity (Wildman–Crippen MR) is 81.7 cm³/mol. The van der Waals surface area contributed by atoms with Crippen LogP contribution in [0.15, 0.2) is 53.6 Å². The Morgan fingerprint density at radius 1 is 1.19 bits per heavy atom. The molecule has 0 radical (unpaired) electrons. The summed E-state index contributed by atoms with van der Waals surface area (Å²) in [4.78, 5) is 10.1. The molecule has 2 aromatic carbocycles. The van der Waals surface area contributed by atoms with Gasteiger partial charge < -0.3 is 5.11 Å². The molecule has 21 heavy (non-hydrogen) atoms. The minimum atomic E-state index is -0.443. The van der Waals surface area contributed by atoms with Crippen LogP contribution in [0, 0.1) is 10.1 Å². The Labute approximate surface area is 121 Å². The van der Waals surface area contributed by atoms with Gasteiger partial charge >= 0.3 is 0 Å². The Kier molecular flexibility index (Phi) is 4.50. The highest BCUT2D eigenvalue weighted by Crippen LogP contribution is 2.16. The van der Waals surface area contributed by atoms with Crippen LogP contribution < -0.4 is 5.43 Å². The summed E-state index contributed by atoms with van der Waals surface area (Å²) < 4.78 is 0. The molecule has 0 amide bonds. The van der Waals surface area contributed by atoms with Crippen molar-refractivity contribution >= 4 is 17.1 Å². The zero-order valence-electron chi connectivity index (χ0n) is 11.5. The van der Waals surface area contributed by atoms with Crippen LogP contribution in [0.5, 0.6) is 5.75 Å². The molecule has 2 rings (SSSR count). The molecule has 0 atom stereocenters. The third-order valence-corrected chi connectivity index (χ3v) is 2.93. The summed E-state index contributed by atoms with van der Waals surface area (Å²) in [5.41, 5.74) is 5.32. The Hall–Kier alpha value is -2.89. The maximum Gasteiger partial charge on any atom is 0.269 e. The minimum absolute atomic E-state index is 0.0405. The molecule has 6 nitrogen and oxygen atoms in total. The smallest absolute Gasteiger partial charge is 0.269 e. The molecule has 0 aliphatic carbocycles. The standard InChI is InChI=1S/C15H15N3O3/c1-2-15(11-3-9-14(19)10-4-11)17-16-12-5-7-13(8-6-12)18(20)21/h3-10,16,19H,2H2,1H3. The summed E-state index contributed by atoms with van der Waals surface area (Å²) in [6, 6.07) is 12.8. The molecule has 0 aliphatic heterocycles. The van der Waals surface area contributed by atoms with Gasteiger partial charge in [-0.1, -0.05) is 6.92 Å². The van der Waals surface area contributed by atoms with E-state index >= 15 is 0 Å². The second-order valence-electron chi connectivity index (χ2n) is 4.37. The van der Waals surface area contributed by atoms with Crippen molar-refractivity contribution in [3.8, 4) is 5.75 Å². The summed E-state index contributed by atoms with van der Waals surface area (Å²) in [6.07, 6.45) is 0.713. The average Bonchev–Trinajstić information content (AvgIpc) is 2.50. The van der Waals surface area contributed by atoms with Gasteiger partial charge in [-0.3, -0.25) is 15.5 Å². The van der Waals surface area contributed by atoms with Gasteiger partial charge in [-0.05, 0) is 48.4 Å². The molecule has 0 unspecified atom stereocenters. The third-order valence-electron chi connectivity index (χ3n) is 2.93. The number of nitro benzene ring substituents is 1. The summed E-state index contributed by atoms with van der Waals surface area (Å²) >= 11 is 0. The lowest BCUT2D eigenvalue weighted by Crippen LogP contribution is -2.03. The van der Waals surface area contributed by atoms with Crippen LogP contribution >= 0.6 is 0 Å². The maximum atomic E-state index is 10.6. The van der Waals surface area contributed by atoms with Crippen molar-refractivity contribution in [1.29, 1.82) is 0 Å². The molecule has 0 aromatic heterocycles. The minimum Gasteiger partial charge on any atom is -0.508 e. The van der Waals surface area contributed by atoms with Crippen LogP contribution in [-0.4, -0.2) is 15.7 Å². The van der Waals surface area contributed by atoms with Crippen molar-refractivity contribution in [1.82, 2.24) is 0 Å². The lowest BCUT2D eigenvalue weighted by atomic mass is 10.1. The normalized spacial score (nSPS) is 11.2. The summed E-state index contributed by atoms with van der Waals surface area (Å²) in [7, 11) is 0. The van der Waals surface area contributed by atoms with Crippen LogP contribution in [-0.2, 0) is 0 Å². The van der Waals surface area contributed by atoms with Gasteiger partial charge in [-0.25, -0.2) is 0 Å². The van der Waals surface area contributed by atoms with Crippen molar-refractivity contribution in [2.75, 3.05) is 5.43 Å². The van der Waals surface area contributed by atoms with Crippen molar-refractivity contribution in [2.45, 2.75) is 13.3 Å². The quantitative estimate of drug-likeness (QED) is 0.499. The molecule has 108 valence electrons. The predicted octanol–water partition coefficient (Wildman–Crippen LogP) is 3.53. The number of nitrogens with zero attached hydrogens (tertiary/aromatic N) is 2. The number of benzene rings is 2. The van der Waals surface area contributed by atoms with Crippen molar-refractivity contribution in [2.24, 2.45) is 5.10 Å². The molecule has 0 spiro atoms. The molecule has 0 heterocycles. The van der Waals surface area contributed by atoms with E-state index < -0.39 is 4.92 Å².